The van der Waals surface area contributed by atoms with Gasteiger partial charge in [-0.3, -0.25) is 4.79 Å². The van der Waals surface area contributed by atoms with Crippen molar-refractivity contribution < 1.29 is 29.0 Å². The van der Waals surface area contributed by atoms with Gasteiger partial charge in [0.05, 0.1) is 5.92 Å². The van der Waals surface area contributed by atoms with E-state index in [9.17, 15) is 14.4 Å². The van der Waals surface area contributed by atoms with Gasteiger partial charge in [0.2, 0.25) is 5.91 Å². The summed E-state index contributed by atoms with van der Waals surface area (Å²) in [5.41, 5.74) is 0.791. The Labute approximate surface area is 127 Å². The first-order valence-corrected chi connectivity index (χ1v) is 6.91. The number of rotatable bonds is 6. The molecule has 1 fully saturated rings. The van der Waals surface area contributed by atoms with Crippen LogP contribution in [0.25, 0.3) is 0 Å². The van der Waals surface area contributed by atoms with Crippen LogP contribution in [0, 0.1) is 5.92 Å². The molecule has 7 heteroatoms. The molecule has 2 amide bonds. The molecule has 0 bridgehead atoms. The van der Waals surface area contributed by atoms with Crippen molar-refractivity contribution in [1.29, 1.82) is 0 Å². The highest BCUT2D eigenvalue weighted by atomic mass is 16.6. The minimum Gasteiger partial charge on any atom is -0.480 e. The number of ether oxygens (including phenoxy) is 2. The Bertz CT molecular complexity index is 558. The predicted molar refractivity (Wildman–Crippen MR) is 74.6 cm³/mol. The zero-order chi connectivity index (χ0) is 16.1. The monoisotopic (exact) mass is 307 g/mol. The molecule has 0 aromatic heterocycles. The lowest BCUT2D eigenvalue weighted by atomic mass is 9.93. The third-order valence-electron chi connectivity index (χ3n) is 3.37. The molecular weight excluding hydrogens is 290 g/mol. The first-order chi connectivity index (χ1) is 10.5. The van der Waals surface area contributed by atoms with Gasteiger partial charge in [0.25, 0.3) is 0 Å². The Hall–Kier alpha value is -2.41. The number of carbonyl (C=O) groups excluding carboxylic acids is 2. The van der Waals surface area contributed by atoms with Crippen molar-refractivity contribution in [2.24, 2.45) is 5.92 Å². The molecule has 1 aliphatic heterocycles. The minimum absolute atomic E-state index is 0.0336. The van der Waals surface area contributed by atoms with E-state index in [2.05, 4.69) is 0 Å². The Kier molecular flexibility index (Phi) is 5.11. The van der Waals surface area contributed by atoms with Crippen molar-refractivity contribution in [3.8, 4) is 0 Å². The van der Waals surface area contributed by atoms with Gasteiger partial charge in [0.1, 0.15) is 13.2 Å². The number of amides is 2. The lowest BCUT2D eigenvalue weighted by Gasteiger charge is -2.43. The number of hydrogen-bond donors (Lipinski definition) is 1. The summed E-state index contributed by atoms with van der Waals surface area (Å²) in [5, 5.41) is 8.64. The molecule has 0 saturated carbocycles. The van der Waals surface area contributed by atoms with Gasteiger partial charge in [-0.25, -0.2) is 14.5 Å². The van der Waals surface area contributed by atoms with E-state index >= 15 is 0 Å². The second-order valence-electron chi connectivity index (χ2n) is 4.86. The van der Waals surface area contributed by atoms with Gasteiger partial charge in [-0.1, -0.05) is 37.3 Å². The van der Waals surface area contributed by atoms with Crippen LogP contribution >= 0.6 is 0 Å². The van der Waals surface area contributed by atoms with E-state index in [1.807, 2.05) is 18.2 Å². The topological polar surface area (TPSA) is 93.1 Å². The van der Waals surface area contributed by atoms with Crippen LogP contribution in [0.3, 0.4) is 0 Å². The van der Waals surface area contributed by atoms with Crippen molar-refractivity contribution in [2.75, 3.05) is 6.61 Å². The molecule has 1 saturated heterocycles. The quantitative estimate of drug-likeness (QED) is 0.803. The number of carbonyl (C=O) groups is 3. The number of carboxylic acids is 1. The maximum absolute atomic E-state index is 12.0. The van der Waals surface area contributed by atoms with Crippen LogP contribution < -0.4 is 0 Å². The highest BCUT2D eigenvalue weighted by Crippen LogP contribution is 2.31. The first kappa shape index (κ1) is 16.0. The fourth-order valence-corrected chi connectivity index (χ4v) is 2.23. The van der Waals surface area contributed by atoms with Gasteiger partial charge in [0, 0.05) is 0 Å². The summed E-state index contributed by atoms with van der Waals surface area (Å²) in [5.74, 6) is -2.08. The second kappa shape index (κ2) is 7.04. The van der Waals surface area contributed by atoms with Crippen molar-refractivity contribution in [3.63, 3.8) is 0 Å². The SMILES string of the molecule is CCC1C(=O)N(C(=O)OCc2ccccc2)C1OCC(=O)O. The average Bonchev–Trinajstić information content (AvgIpc) is 2.50. The van der Waals surface area contributed by atoms with Crippen LogP contribution in [-0.4, -0.2) is 40.8 Å². The van der Waals surface area contributed by atoms with E-state index in [0.29, 0.717) is 6.42 Å². The second-order valence-corrected chi connectivity index (χ2v) is 4.86. The molecular formula is C15H17NO6. The van der Waals surface area contributed by atoms with Gasteiger partial charge in [-0.2, -0.15) is 0 Å². The number of hydrogen-bond acceptors (Lipinski definition) is 5. The van der Waals surface area contributed by atoms with Crippen LogP contribution in [0.1, 0.15) is 18.9 Å². The zero-order valence-corrected chi connectivity index (χ0v) is 12.1. The number of benzene rings is 1. The normalized spacial score (nSPS) is 20.4. The number of likely N-dealkylation sites (tertiary alicyclic amines) is 1. The molecule has 0 spiro atoms. The molecule has 2 atom stereocenters. The van der Waals surface area contributed by atoms with E-state index in [0.717, 1.165) is 10.5 Å². The summed E-state index contributed by atoms with van der Waals surface area (Å²) in [7, 11) is 0. The molecule has 1 aliphatic rings. The molecule has 1 N–H and O–H groups in total. The summed E-state index contributed by atoms with van der Waals surface area (Å²) in [6, 6.07) is 9.04. The van der Waals surface area contributed by atoms with Crippen LogP contribution in [-0.2, 0) is 25.7 Å². The Morgan fingerprint density at radius 1 is 1.27 bits per heavy atom. The minimum atomic E-state index is -1.16. The van der Waals surface area contributed by atoms with Gasteiger partial charge in [-0.15, -0.1) is 0 Å². The van der Waals surface area contributed by atoms with Crippen molar-refractivity contribution in [3.05, 3.63) is 35.9 Å². The molecule has 2 rings (SSSR count). The summed E-state index contributed by atoms with van der Waals surface area (Å²) in [6.45, 7) is 1.23. The van der Waals surface area contributed by atoms with Crippen LogP contribution in [0.15, 0.2) is 30.3 Å². The van der Waals surface area contributed by atoms with Crippen molar-refractivity contribution >= 4 is 18.0 Å². The lowest BCUT2D eigenvalue weighted by Crippen LogP contribution is -2.64. The Morgan fingerprint density at radius 2 is 1.95 bits per heavy atom. The van der Waals surface area contributed by atoms with E-state index in [4.69, 9.17) is 14.6 Å². The summed E-state index contributed by atoms with van der Waals surface area (Å²) in [4.78, 5) is 35.3. The number of carboxylic acid groups (broad SMARTS) is 1. The van der Waals surface area contributed by atoms with Gasteiger partial charge in [-0.05, 0) is 12.0 Å². The maximum atomic E-state index is 12.0. The summed E-state index contributed by atoms with van der Waals surface area (Å²) >= 11 is 0. The molecule has 0 aliphatic carbocycles. The van der Waals surface area contributed by atoms with Crippen LogP contribution in [0.5, 0.6) is 0 Å². The fourth-order valence-electron chi connectivity index (χ4n) is 2.23. The van der Waals surface area contributed by atoms with Crippen LogP contribution in [0.2, 0.25) is 0 Å². The number of aliphatic carboxylic acids is 1. The lowest BCUT2D eigenvalue weighted by molar-refractivity contribution is -0.191. The molecule has 0 radical (unpaired) electrons. The van der Waals surface area contributed by atoms with E-state index in [1.165, 1.54) is 0 Å². The molecule has 1 aromatic rings. The average molecular weight is 307 g/mol. The third kappa shape index (κ3) is 3.43. The number of imide groups is 1. The maximum Gasteiger partial charge on any atom is 0.419 e. The van der Waals surface area contributed by atoms with E-state index in [1.54, 1.807) is 19.1 Å². The highest BCUT2D eigenvalue weighted by molar-refractivity contribution is 5.99. The Morgan fingerprint density at radius 3 is 2.55 bits per heavy atom. The predicted octanol–water partition coefficient (Wildman–Crippen LogP) is 1.62. The van der Waals surface area contributed by atoms with Gasteiger partial charge in [0.15, 0.2) is 6.23 Å². The largest absolute Gasteiger partial charge is 0.480 e. The molecule has 2 unspecified atom stereocenters. The molecule has 1 heterocycles. The van der Waals surface area contributed by atoms with Gasteiger partial charge >= 0.3 is 12.1 Å². The van der Waals surface area contributed by atoms with E-state index < -0.39 is 36.7 Å². The summed E-state index contributed by atoms with van der Waals surface area (Å²) in [6.07, 6.45) is -1.24. The number of β-lactam (4-membered cyclic amide) rings is 1. The van der Waals surface area contributed by atoms with Gasteiger partial charge < -0.3 is 14.6 Å². The zero-order valence-electron chi connectivity index (χ0n) is 12.1. The first-order valence-electron chi connectivity index (χ1n) is 6.91. The smallest absolute Gasteiger partial charge is 0.419 e. The Balaban J connectivity index is 1.94. The highest BCUT2D eigenvalue weighted by Gasteiger charge is 2.51. The van der Waals surface area contributed by atoms with E-state index in [-0.39, 0.29) is 6.61 Å². The molecule has 7 nitrogen and oxygen atoms in total. The van der Waals surface area contributed by atoms with Crippen molar-refractivity contribution in [1.82, 2.24) is 4.90 Å². The standard InChI is InChI=1S/C15H17NO6/c1-2-11-13(19)16(14(11)21-9-12(17)18)15(20)22-8-10-6-4-3-5-7-10/h3-7,11,14H,2,8-9H2,1H3,(H,17,18). The molecule has 1 aromatic carbocycles. The summed E-state index contributed by atoms with van der Waals surface area (Å²) < 4.78 is 10.2. The van der Waals surface area contributed by atoms with Crippen molar-refractivity contribution in [2.45, 2.75) is 26.2 Å². The number of nitrogens with zero attached hydrogens (tertiary/aromatic N) is 1. The third-order valence-corrected chi connectivity index (χ3v) is 3.37. The molecule has 22 heavy (non-hydrogen) atoms. The molecule has 118 valence electrons. The van der Waals surface area contributed by atoms with Crippen LogP contribution in [0.4, 0.5) is 4.79 Å². The fraction of sp³-hybridized carbons (Fsp3) is 0.400.